The maximum Gasteiger partial charge on any atom is 0.255 e. The number of para-hydroxylation sites is 2. The Kier molecular flexibility index (Phi) is 12.2. The molecule has 10 heteroatoms. The number of fused-ring (bicyclic) bond motifs is 1. The van der Waals surface area contributed by atoms with Gasteiger partial charge >= 0.3 is 0 Å². The Balaban J connectivity index is 1.79. The summed E-state index contributed by atoms with van der Waals surface area (Å²) >= 11 is 0. The van der Waals surface area contributed by atoms with Gasteiger partial charge in [-0.3, -0.25) is 19.2 Å². The Bertz CT molecular complexity index is 1230. The molecular formula is C32H44N4O6. The van der Waals surface area contributed by atoms with Crippen LogP contribution in [0.15, 0.2) is 48.5 Å². The van der Waals surface area contributed by atoms with Gasteiger partial charge in [-0.25, -0.2) is 0 Å². The Hall–Kier alpha value is -4.08. The summed E-state index contributed by atoms with van der Waals surface area (Å²) in [7, 11) is 0. The number of benzene rings is 2. The van der Waals surface area contributed by atoms with E-state index in [0.29, 0.717) is 25.3 Å². The predicted molar refractivity (Wildman–Crippen MR) is 160 cm³/mol. The summed E-state index contributed by atoms with van der Waals surface area (Å²) in [5.41, 5.74) is 1.29. The molecule has 0 bridgehead atoms. The third-order valence-corrected chi connectivity index (χ3v) is 7.00. The highest BCUT2D eigenvalue weighted by atomic mass is 16.5. The van der Waals surface area contributed by atoms with Crippen LogP contribution in [0.3, 0.4) is 0 Å². The third-order valence-electron chi connectivity index (χ3n) is 7.00. The number of rotatable bonds is 9. The molecule has 228 valence electrons. The Morgan fingerprint density at radius 2 is 1.76 bits per heavy atom. The van der Waals surface area contributed by atoms with Crippen molar-refractivity contribution in [1.82, 2.24) is 20.9 Å². The summed E-state index contributed by atoms with van der Waals surface area (Å²) in [6.07, 6.45) is 0.0921. The van der Waals surface area contributed by atoms with E-state index in [2.05, 4.69) is 29.8 Å². The molecule has 1 aliphatic rings. The zero-order valence-corrected chi connectivity index (χ0v) is 25.3. The van der Waals surface area contributed by atoms with Crippen molar-refractivity contribution >= 4 is 23.6 Å². The average molecular weight is 581 g/mol. The molecule has 42 heavy (non-hydrogen) atoms. The van der Waals surface area contributed by atoms with Crippen LogP contribution < -0.4 is 25.4 Å². The van der Waals surface area contributed by atoms with Gasteiger partial charge in [0.2, 0.25) is 17.7 Å². The van der Waals surface area contributed by atoms with Gasteiger partial charge in [-0.15, -0.1) is 0 Å². The van der Waals surface area contributed by atoms with E-state index >= 15 is 0 Å². The Morgan fingerprint density at radius 1 is 1.05 bits per heavy atom. The van der Waals surface area contributed by atoms with E-state index in [9.17, 15) is 19.2 Å². The molecule has 2 atom stereocenters. The molecule has 0 fully saturated rings. The molecule has 0 spiro atoms. The van der Waals surface area contributed by atoms with Crippen LogP contribution in [0, 0.1) is 5.92 Å². The molecule has 3 N–H and O–H groups in total. The Morgan fingerprint density at radius 3 is 2.48 bits per heavy atom. The molecule has 1 aliphatic heterocycles. The van der Waals surface area contributed by atoms with Crippen molar-refractivity contribution in [3.63, 3.8) is 0 Å². The number of hydrogen-bond acceptors (Lipinski definition) is 6. The molecule has 0 saturated carbocycles. The fourth-order valence-corrected chi connectivity index (χ4v) is 4.81. The van der Waals surface area contributed by atoms with E-state index < -0.39 is 29.8 Å². The average Bonchev–Trinajstić information content (AvgIpc) is 2.96. The van der Waals surface area contributed by atoms with Crippen LogP contribution in [0.25, 0.3) is 0 Å². The smallest absolute Gasteiger partial charge is 0.255 e. The summed E-state index contributed by atoms with van der Waals surface area (Å²) in [5, 5.41) is 8.29. The van der Waals surface area contributed by atoms with E-state index in [-0.39, 0.29) is 49.5 Å². The van der Waals surface area contributed by atoms with E-state index in [1.807, 2.05) is 45.0 Å². The van der Waals surface area contributed by atoms with Gasteiger partial charge < -0.3 is 30.3 Å². The largest absolute Gasteiger partial charge is 0.491 e. The first kappa shape index (κ1) is 32.4. The van der Waals surface area contributed by atoms with Crippen molar-refractivity contribution in [3.8, 4) is 11.5 Å². The van der Waals surface area contributed by atoms with Crippen molar-refractivity contribution < 1.29 is 28.7 Å². The van der Waals surface area contributed by atoms with Gasteiger partial charge in [-0.1, -0.05) is 58.0 Å². The van der Waals surface area contributed by atoms with Gasteiger partial charge in [0, 0.05) is 6.54 Å². The molecule has 2 aromatic rings. The minimum atomic E-state index is -1.19. The predicted octanol–water partition coefficient (Wildman–Crippen LogP) is 3.27. The van der Waals surface area contributed by atoms with Gasteiger partial charge in [0.1, 0.15) is 36.8 Å². The second kappa shape index (κ2) is 15.8. The SMILES string of the molecule is CCN1CCOc2ccccc2C(=O)N[C@H](C(=O)NCCOc2ccccc2C(C)C)CC(=O)N[C@H](CC(C)C)C1=O. The minimum Gasteiger partial charge on any atom is -0.491 e. The second-order valence-corrected chi connectivity index (χ2v) is 11.1. The lowest BCUT2D eigenvalue weighted by atomic mass is 10.0. The summed E-state index contributed by atoms with van der Waals surface area (Å²) < 4.78 is 11.8. The van der Waals surface area contributed by atoms with E-state index in [4.69, 9.17) is 9.47 Å². The molecule has 0 radical (unpaired) electrons. The highest BCUT2D eigenvalue weighted by Gasteiger charge is 2.30. The molecule has 0 aromatic heterocycles. The molecular weight excluding hydrogens is 536 g/mol. The van der Waals surface area contributed by atoms with Crippen LogP contribution in [-0.4, -0.2) is 73.5 Å². The van der Waals surface area contributed by atoms with Gasteiger partial charge in [-0.2, -0.15) is 0 Å². The van der Waals surface area contributed by atoms with Crippen molar-refractivity contribution in [3.05, 3.63) is 59.7 Å². The normalized spacial score (nSPS) is 18.5. The number of likely N-dealkylation sites (N-methyl/N-ethyl adjacent to an activating group) is 1. The van der Waals surface area contributed by atoms with Crippen LogP contribution in [-0.2, 0) is 14.4 Å². The van der Waals surface area contributed by atoms with Crippen molar-refractivity contribution in [1.29, 1.82) is 0 Å². The number of carbonyl (C=O) groups excluding carboxylic acids is 4. The lowest BCUT2D eigenvalue weighted by Gasteiger charge is -2.29. The van der Waals surface area contributed by atoms with Gasteiger partial charge in [0.15, 0.2) is 0 Å². The zero-order chi connectivity index (χ0) is 30.6. The first-order valence-electron chi connectivity index (χ1n) is 14.7. The van der Waals surface area contributed by atoms with Crippen molar-refractivity contribution in [2.24, 2.45) is 5.92 Å². The first-order chi connectivity index (χ1) is 20.1. The number of amides is 4. The Labute approximate surface area is 248 Å². The molecule has 10 nitrogen and oxygen atoms in total. The van der Waals surface area contributed by atoms with Crippen LogP contribution in [0.1, 0.15) is 69.3 Å². The minimum absolute atomic E-state index is 0.139. The van der Waals surface area contributed by atoms with E-state index in [1.165, 1.54) is 0 Å². The molecule has 0 saturated heterocycles. The molecule has 1 heterocycles. The topological polar surface area (TPSA) is 126 Å². The first-order valence-corrected chi connectivity index (χ1v) is 14.7. The summed E-state index contributed by atoms with van der Waals surface area (Å²) in [6.45, 7) is 11.2. The molecule has 3 rings (SSSR count). The molecule has 4 amide bonds. The monoisotopic (exact) mass is 580 g/mol. The number of nitrogens with one attached hydrogen (secondary N) is 3. The summed E-state index contributed by atoms with van der Waals surface area (Å²) in [4.78, 5) is 54.8. The van der Waals surface area contributed by atoms with Crippen molar-refractivity contribution in [2.75, 3.05) is 32.8 Å². The standard InChI is InChI=1S/C32H44N4O6/c1-6-36-16-18-42-28-14-10-8-12-24(28)30(38)35-25(20-29(37)34-26(32(36)40)19-21(2)3)31(39)33-15-17-41-27-13-9-7-11-23(27)22(4)5/h7-14,21-22,25-26H,6,15-20H2,1-5H3,(H,33,39)(H,34,37)(H,35,38)/t25-,26+/m0/s1. The molecule has 2 aromatic carbocycles. The lowest BCUT2D eigenvalue weighted by molar-refractivity contribution is -0.137. The fourth-order valence-electron chi connectivity index (χ4n) is 4.81. The van der Waals surface area contributed by atoms with Gasteiger partial charge in [0.25, 0.3) is 5.91 Å². The quantitative estimate of drug-likeness (QED) is 0.391. The fraction of sp³-hybridized carbons (Fsp3) is 0.500. The number of carbonyl (C=O) groups is 4. The van der Waals surface area contributed by atoms with Crippen molar-refractivity contribution in [2.45, 2.75) is 65.5 Å². The van der Waals surface area contributed by atoms with Crippen LogP contribution in [0.2, 0.25) is 0 Å². The maximum absolute atomic E-state index is 13.4. The third kappa shape index (κ3) is 9.22. The summed E-state index contributed by atoms with van der Waals surface area (Å²) in [5.74, 6) is -0.310. The van der Waals surface area contributed by atoms with E-state index in [1.54, 1.807) is 29.2 Å². The highest BCUT2D eigenvalue weighted by Crippen LogP contribution is 2.25. The maximum atomic E-state index is 13.4. The van der Waals surface area contributed by atoms with Crippen LogP contribution in [0.4, 0.5) is 0 Å². The number of nitrogens with zero attached hydrogens (tertiary/aromatic N) is 1. The second-order valence-electron chi connectivity index (χ2n) is 11.1. The summed E-state index contributed by atoms with van der Waals surface area (Å²) in [6, 6.07) is 12.5. The molecule has 0 unspecified atom stereocenters. The number of hydrogen-bond donors (Lipinski definition) is 3. The highest BCUT2D eigenvalue weighted by molar-refractivity contribution is 6.01. The van der Waals surface area contributed by atoms with E-state index in [0.717, 1.165) is 11.3 Å². The lowest BCUT2D eigenvalue weighted by Crippen LogP contribution is -2.53. The van der Waals surface area contributed by atoms with Gasteiger partial charge in [-0.05, 0) is 48.9 Å². The van der Waals surface area contributed by atoms with Gasteiger partial charge in [0.05, 0.1) is 25.1 Å². The van der Waals surface area contributed by atoms with Crippen LogP contribution >= 0.6 is 0 Å². The molecule has 0 aliphatic carbocycles. The van der Waals surface area contributed by atoms with Crippen LogP contribution in [0.5, 0.6) is 11.5 Å². The zero-order valence-electron chi connectivity index (χ0n) is 25.3. The number of ether oxygens (including phenoxy) is 2.